The molecule has 2 aliphatic rings. The number of rotatable bonds is 14. The number of benzene rings is 1. The fourth-order valence-corrected chi connectivity index (χ4v) is 5.53. The molecule has 3 N–H and O–H groups in total. The van der Waals surface area contributed by atoms with Gasteiger partial charge in [-0.2, -0.15) is 11.8 Å². The predicted molar refractivity (Wildman–Crippen MR) is 124 cm³/mol. The maximum atomic E-state index is 11.9. The van der Waals surface area contributed by atoms with Gasteiger partial charge in [0.2, 0.25) is 5.91 Å². The van der Waals surface area contributed by atoms with Crippen molar-refractivity contribution in [3.63, 3.8) is 0 Å². The molecular weight excluding hydrogens is 414 g/mol. The van der Waals surface area contributed by atoms with E-state index >= 15 is 0 Å². The topological polar surface area (TPSA) is 88.7 Å². The number of amides is 3. The van der Waals surface area contributed by atoms with E-state index in [0.717, 1.165) is 43.6 Å². The number of unbranched alkanes of at least 4 members (excludes halogenated alkanes) is 1. The van der Waals surface area contributed by atoms with E-state index in [2.05, 4.69) is 35.0 Å². The van der Waals surface area contributed by atoms with E-state index < -0.39 is 0 Å². The van der Waals surface area contributed by atoms with Gasteiger partial charge in [-0.1, -0.05) is 31.9 Å². The van der Waals surface area contributed by atoms with E-state index in [1.807, 2.05) is 23.9 Å². The molecule has 0 spiro atoms. The van der Waals surface area contributed by atoms with Gasteiger partial charge >= 0.3 is 6.03 Å². The van der Waals surface area contributed by atoms with Crippen LogP contribution in [0.1, 0.15) is 44.6 Å². The minimum atomic E-state index is -0.0467. The van der Waals surface area contributed by atoms with Crippen molar-refractivity contribution < 1.29 is 19.1 Å². The first-order valence-corrected chi connectivity index (χ1v) is 12.5. The summed E-state index contributed by atoms with van der Waals surface area (Å²) in [6, 6.07) is 8.65. The van der Waals surface area contributed by atoms with Crippen LogP contribution in [-0.2, 0) is 16.0 Å². The molecule has 3 rings (SSSR count). The minimum Gasteiger partial charge on any atom is -0.491 e. The summed E-state index contributed by atoms with van der Waals surface area (Å²) in [4.78, 5) is 23.3. The number of hydrogen-bond acceptors (Lipinski definition) is 5. The lowest BCUT2D eigenvalue weighted by Crippen LogP contribution is -2.36. The Hall–Kier alpha value is -1.93. The van der Waals surface area contributed by atoms with Gasteiger partial charge in [0.15, 0.2) is 0 Å². The molecule has 0 aromatic heterocycles. The molecule has 2 aliphatic heterocycles. The van der Waals surface area contributed by atoms with Gasteiger partial charge in [-0.05, 0) is 37.0 Å². The van der Waals surface area contributed by atoms with Crippen LogP contribution in [0.15, 0.2) is 24.3 Å². The molecule has 31 heavy (non-hydrogen) atoms. The summed E-state index contributed by atoms with van der Waals surface area (Å²) < 4.78 is 11.2. The molecule has 7 nitrogen and oxygen atoms in total. The van der Waals surface area contributed by atoms with Crippen LogP contribution in [0.2, 0.25) is 0 Å². The second-order valence-electron chi connectivity index (χ2n) is 8.07. The van der Waals surface area contributed by atoms with E-state index in [1.54, 1.807) is 0 Å². The molecule has 1 aromatic carbocycles. The first-order valence-electron chi connectivity index (χ1n) is 11.4. The second kappa shape index (κ2) is 12.8. The number of aryl methyl sites for hydroxylation is 1. The Morgan fingerprint density at radius 1 is 1.16 bits per heavy atom. The van der Waals surface area contributed by atoms with Crippen LogP contribution in [0.5, 0.6) is 5.75 Å². The van der Waals surface area contributed by atoms with Crippen LogP contribution in [-0.4, -0.2) is 61.4 Å². The number of carbonyl (C=O) groups excluding carboxylic acids is 2. The summed E-state index contributed by atoms with van der Waals surface area (Å²) in [7, 11) is 0. The third-order valence-corrected chi connectivity index (χ3v) is 7.12. The van der Waals surface area contributed by atoms with Gasteiger partial charge < -0.3 is 25.4 Å². The highest BCUT2D eigenvalue weighted by Gasteiger charge is 2.42. The largest absolute Gasteiger partial charge is 0.491 e. The lowest BCUT2D eigenvalue weighted by Gasteiger charge is -2.16. The van der Waals surface area contributed by atoms with Crippen molar-refractivity contribution in [2.24, 2.45) is 0 Å². The van der Waals surface area contributed by atoms with Crippen LogP contribution in [0.4, 0.5) is 4.79 Å². The molecule has 3 atom stereocenters. The Kier molecular flexibility index (Phi) is 9.81. The van der Waals surface area contributed by atoms with Crippen molar-refractivity contribution in [1.82, 2.24) is 16.0 Å². The molecule has 0 aliphatic carbocycles. The molecule has 0 bridgehead atoms. The molecule has 0 radical (unpaired) electrons. The van der Waals surface area contributed by atoms with Crippen LogP contribution in [0.3, 0.4) is 0 Å². The number of thioether (sulfide) groups is 1. The molecule has 2 saturated heterocycles. The zero-order valence-electron chi connectivity index (χ0n) is 18.4. The Morgan fingerprint density at radius 3 is 2.81 bits per heavy atom. The average Bonchev–Trinajstić information content (AvgIpc) is 3.31. The molecule has 2 fully saturated rings. The Balaban J connectivity index is 1.14. The van der Waals surface area contributed by atoms with Gasteiger partial charge in [0.1, 0.15) is 12.4 Å². The number of fused-ring (bicyclic) bond motifs is 1. The zero-order valence-corrected chi connectivity index (χ0v) is 19.2. The van der Waals surface area contributed by atoms with E-state index in [9.17, 15) is 9.59 Å². The molecular formula is C23H35N3O4S. The molecule has 172 valence electrons. The molecule has 3 amide bonds. The fraction of sp³-hybridized carbons (Fsp3) is 0.652. The summed E-state index contributed by atoms with van der Waals surface area (Å²) in [5.41, 5.74) is 1.33. The van der Waals surface area contributed by atoms with E-state index in [0.29, 0.717) is 38.0 Å². The molecule has 2 heterocycles. The van der Waals surface area contributed by atoms with Crippen LogP contribution in [0, 0.1) is 0 Å². The molecule has 0 saturated carbocycles. The first kappa shape index (κ1) is 23.7. The number of urea groups is 1. The molecule has 1 aromatic rings. The highest BCUT2D eigenvalue weighted by atomic mass is 32.2. The lowest BCUT2D eigenvalue weighted by molar-refractivity contribution is -0.121. The van der Waals surface area contributed by atoms with Crippen molar-refractivity contribution in [3.8, 4) is 5.75 Å². The van der Waals surface area contributed by atoms with Crippen molar-refractivity contribution in [2.45, 2.75) is 62.8 Å². The number of ether oxygens (including phenoxy) is 2. The zero-order chi connectivity index (χ0) is 21.9. The smallest absolute Gasteiger partial charge is 0.315 e. The standard InChI is InChI=1S/C23H35N3O4S/c1-2-5-17-8-10-18(11-9-17)30-15-14-29-13-12-24-21(27)7-4-3-6-20-22-19(16-31-20)25-23(28)26-22/h8-11,19-20,22H,2-7,12-16H2,1H3,(H,24,27)(H2,25,26,28). The highest BCUT2D eigenvalue weighted by molar-refractivity contribution is 8.00. The average molecular weight is 450 g/mol. The first-order chi connectivity index (χ1) is 15.2. The van der Waals surface area contributed by atoms with Crippen molar-refractivity contribution >= 4 is 23.7 Å². The Morgan fingerprint density at radius 2 is 2.00 bits per heavy atom. The maximum Gasteiger partial charge on any atom is 0.315 e. The quantitative estimate of drug-likeness (QED) is 0.300. The van der Waals surface area contributed by atoms with E-state index in [4.69, 9.17) is 9.47 Å². The van der Waals surface area contributed by atoms with Crippen molar-refractivity contribution in [1.29, 1.82) is 0 Å². The van der Waals surface area contributed by atoms with Crippen LogP contribution >= 0.6 is 11.8 Å². The van der Waals surface area contributed by atoms with Gasteiger partial charge in [0.05, 0.1) is 25.3 Å². The second-order valence-corrected chi connectivity index (χ2v) is 9.34. The maximum absolute atomic E-state index is 11.9. The Bertz CT molecular complexity index is 701. The highest BCUT2D eigenvalue weighted by Crippen LogP contribution is 2.33. The number of carbonyl (C=O) groups is 2. The van der Waals surface area contributed by atoms with Gasteiger partial charge in [-0.15, -0.1) is 0 Å². The monoisotopic (exact) mass is 449 g/mol. The van der Waals surface area contributed by atoms with Crippen molar-refractivity contribution in [2.75, 3.05) is 32.1 Å². The number of nitrogens with one attached hydrogen (secondary N) is 3. The normalized spacial score (nSPS) is 22.0. The SMILES string of the molecule is CCCc1ccc(OCCOCCNC(=O)CCCCC2SCC3NC(=O)NC32)cc1. The third-order valence-electron chi connectivity index (χ3n) is 5.61. The van der Waals surface area contributed by atoms with Gasteiger partial charge in [-0.25, -0.2) is 4.79 Å². The van der Waals surface area contributed by atoms with Gasteiger partial charge in [-0.3, -0.25) is 4.79 Å². The van der Waals surface area contributed by atoms with Gasteiger partial charge in [0.25, 0.3) is 0 Å². The molecule has 3 unspecified atom stereocenters. The summed E-state index contributed by atoms with van der Waals surface area (Å²) in [5.74, 6) is 1.90. The van der Waals surface area contributed by atoms with E-state index in [-0.39, 0.29) is 24.0 Å². The van der Waals surface area contributed by atoms with Crippen LogP contribution in [0.25, 0.3) is 0 Å². The lowest BCUT2D eigenvalue weighted by atomic mass is 10.0. The fourth-order valence-electron chi connectivity index (χ4n) is 3.99. The number of hydrogen-bond donors (Lipinski definition) is 3. The Labute approximate surface area is 189 Å². The van der Waals surface area contributed by atoms with Gasteiger partial charge in [0, 0.05) is 24.0 Å². The summed E-state index contributed by atoms with van der Waals surface area (Å²) in [6.45, 7) is 4.17. The summed E-state index contributed by atoms with van der Waals surface area (Å²) in [5, 5.41) is 9.32. The minimum absolute atomic E-state index is 0.0467. The predicted octanol–water partition coefficient (Wildman–Crippen LogP) is 2.88. The van der Waals surface area contributed by atoms with E-state index in [1.165, 1.54) is 5.56 Å². The van der Waals surface area contributed by atoms with Crippen LogP contribution < -0.4 is 20.7 Å². The summed E-state index contributed by atoms with van der Waals surface area (Å²) in [6.07, 6.45) is 5.67. The summed E-state index contributed by atoms with van der Waals surface area (Å²) >= 11 is 1.91. The third kappa shape index (κ3) is 7.92. The van der Waals surface area contributed by atoms with Crippen molar-refractivity contribution in [3.05, 3.63) is 29.8 Å². The molecule has 8 heteroatoms.